The first kappa shape index (κ1) is 12.2. The molecule has 1 spiro atoms. The Morgan fingerprint density at radius 1 is 1.38 bits per heavy atom. The molecule has 2 aliphatic rings. The molecule has 1 saturated carbocycles. The number of aliphatic hydroxyl groups excluding tert-OH is 1. The van der Waals surface area contributed by atoms with E-state index in [-0.39, 0.29) is 6.10 Å². The minimum atomic E-state index is -0.185. The second-order valence-electron chi connectivity index (χ2n) is 6.43. The van der Waals surface area contributed by atoms with Gasteiger partial charge in [0.1, 0.15) is 0 Å². The largest absolute Gasteiger partial charge is 0.389 e. The topological polar surface area (TPSA) is 20.2 Å². The van der Waals surface area contributed by atoms with Crippen molar-refractivity contribution in [3.05, 3.63) is 11.6 Å². The van der Waals surface area contributed by atoms with E-state index in [2.05, 4.69) is 33.8 Å². The first-order valence-corrected chi connectivity index (χ1v) is 6.82. The highest BCUT2D eigenvalue weighted by atomic mass is 16.3. The molecule has 0 aromatic heterocycles. The summed E-state index contributed by atoms with van der Waals surface area (Å²) in [6.45, 7) is 9.16. The van der Waals surface area contributed by atoms with E-state index < -0.39 is 0 Å². The van der Waals surface area contributed by atoms with Gasteiger partial charge in [-0.05, 0) is 61.3 Å². The summed E-state index contributed by atoms with van der Waals surface area (Å²) >= 11 is 0. The predicted octanol–water partition coefficient (Wildman–Crippen LogP) is 3.78. The lowest BCUT2D eigenvalue weighted by Gasteiger charge is -2.45. The third-order valence-corrected chi connectivity index (χ3v) is 5.34. The molecule has 1 heteroatoms. The zero-order chi connectivity index (χ0) is 11.9. The third kappa shape index (κ3) is 1.73. The number of aliphatic hydroxyl groups is 1. The van der Waals surface area contributed by atoms with Gasteiger partial charge in [-0.25, -0.2) is 0 Å². The Balaban J connectivity index is 2.28. The van der Waals surface area contributed by atoms with Crippen LogP contribution in [0.25, 0.3) is 0 Å². The highest BCUT2D eigenvalue weighted by Crippen LogP contribution is 2.57. The van der Waals surface area contributed by atoms with Crippen molar-refractivity contribution in [1.82, 2.24) is 0 Å². The molecule has 0 amide bonds. The number of hydrogen-bond donors (Lipinski definition) is 1. The maximum absolute atomic E-state index is 10.2. The van der Waals surface area contributed by atoms with Crippen molar-refractivity contribution in [2.75, 3.05) is 0 Å². The lowest BCUT2D eigenvalue weighted by molar-refractivity contribution is 0.0327. The maximum atomic E-state index is 10.2. The first-order chi connectivity index (χ1) is 7.47. The van der Waals surface area contributed by atoms with E-state index in [1.807, 2.05) is 0 Å². The fourth-order valence-corrected chi connectivity index (χ4v) is 4.16. The number of hydrogen-bond acceptors (Lipinski definition) is 1. The number of allylic oxidation sites excluding steroid dienone is 1. The Morgan fingerprint density at radius 2 is 2.06 bits per heavy atom. The minimum absolute atomic E-state index is 0.185. The molecule has 1 nitrogen and oxygen atoms in total. The average Bonchev–Trinajstić information content (AvgIpc) is 2.51. The second-order valence-corrected chi connectivity index (χ2v) is 6.43. The Labute approximate surface area is 99.9 Å². The molecule has 0 bridgehead atoms. The summed E-state index contributed by atoms with van der Waals surface area (Å²) in [5.74, 6) is 2.34. The van der Waals surface area contributed by atoms with Crippen LogP contribution in [0.2, 0.25) is 0 Å². The molecular formula is C15H26O. The van der Waals surface area contributed by atoms with E-state index in [0.29, 0.717) is 5.41 Å². The summed E-state index contributed by atoms with van der Waals surface area (Å²) in [5, 5.41) is 10.2. The van der Waals surface area contributed by atoms with Crippen LogP contribution in [0.15, 0.2) is 11.6 Å². The molecule has 4 atom stereocenters. The van der Waals surface area contributed by atoms with Gasteiger partial charge in [-0.3, -0.25) is 0 Å². The van der Waals surface area contributed by atoms with Gasteiger partial charge in [0.25, 0.3) is 0 Å². The lowest BCUT2D eigenvalue weighted by Crippen LogP contribution is -2.39. The summed E-state index contributed by atoms with van der Waals surface area (Å²) < 4.78 is 0. The van der Waals surface area contributed by atoms with Gasteiger partial charge in [0, 0.05) is 0 Å². The Kier molecular flexibility index (Phi) is 3.18. The van der Waals surface area contributed by atoms with Crippen molar-refractivity contribution >= 4 is 0 Å². The molecule has 0 radical (unpaired) electrons. The highest BCUT2D eigenvalue weighted by molar-refractivity contribution is 5.16. The van der Waals surface area contributed by atoms with E-state index in [0.717, 1.165) is 24.2 Å². The molecule has 0 unspecified atom stereocenters. The van der Waals surface area contributed by atoms with E-state index >= 15 is 0 Å². The quantitative estimate of drug-likeness (QED) is 0.669. The molecule has 2 aliphatic carbocycles. The molecule has 0 heterocycles. The standard InChI is InChI=1S/C15H26O/c1-10(2)13-6-5-12(4)15(13)8-7-11(3)14(16)9-15/h7,10,12-14,16H,5-6,8-9H2,1-4H3/t12-,13-,14-,15-/m0/s1. The molecule has 2 rings (SSSR count). The van der Waals surface area contributed by atoms with Gasteiger partial charge in [0.2, 0.25) is 0 Å². The van der Waals surface area contributed by atoms with Gasteiger partial charge in [-0.2, -0.15) is 0 Å². The van der Waals surface area contributed by atoms with Crippen molar-refractivity contribution in [2.45, 2.75) is 59.5 Å². The summed E-state index contributed by atoms with van der Waals surface area (Å²) in [6, 6.07) is 0. The summed E-state index contributed by atoms with van der Waals surface area (Å²) in [4.78, 5) is 0. The highest BCUT2D eigenvalue weighted by Gasteiger charge is 2.50. The van der Waals surface area contributed by atoms with Crippen molar-refractivity contribution < 1.29 is 5.11 Å². The van der Waals surface area contributed by atoms with Crippen LogP contribution in [0, 0.1) is 23.2 Å². The Bertz CT molecular complexity index is 292. The molecule has 0 aliphatic heterocycles. The van der Waals surface area contributed by atoms with Crippen LogP contribution in [0.1, 0.15) is 53.4 Å². The molecular weight excluding hydrogens is 196 g/mol. The zero-order valence-electron chi connectivity index (χ0n) is 11.2. The fraction of sp³-hybridized carbons (Fsp3) is 0.867. The van der Waals surface area contributed by atoms with Crippen molar-refractivity contribution in [1.29, 1.82) is 0 Å². The normalized spacial score (nSPS) is 44.1. The van der Waals surface area contributed by atoms with Crippen LogP contribution < -0.4 is 0 Å². The summed E-state index contributed by atoms with van der Waals surface area (Å²) in [6.07, 6.45) is 7.02. The van der Waals surface area contributed by atoms with E-state index in [1.165, 1.54) is 24.8 Å². The van der Waals surface area contributed by atoms with E-state index in [4.69, 9.17) is 0 Å². The van der Waals surface area contributed by atoms with Crippen molar-refractivity contribution in [2.24, 2.45) is 23.2 Å². The average molecular weight is 222 g/mol. The van der Waals surface area contributed by atoms with Crippen LogP contribution in [-0.2, 0) is 0 Å². The second kappa shape index (κ2) is 4.18. The van der Waals surface area contributed by atoms with Gasteiger partial charge in [-0.1, -0.05) is 26.8 Å². The van der Waals surface area contributed by atoms with E-state index in [1.54, 1.807) is 0 Å². The molecule has 16 heavy (non-hydrogen) atoms. The molecule has 0 aromatic carbocycles. The predicted molar refractivity (Wildman–Crippen MR) is 68.2 cm³/mol. The number of rotatable bonds is 1. The SMILES string of the molecule is CC1=CC[C@]2(C[C@@H]1O)[C@@H](C)CC[C@H]2C(C)C. The Morgan fingerprint density at radius 3 is 2.62 bits per heavy atom. The van der Waals surface area contributed by atoms with Crippen LogP contribution in [0.4, 0.5) is 0 Å². The van der Waals surface area contributed by atoms with Gasteiger partial charge < -0.3 is 5.11 Å². The molecule has 1 N–H and O–H groups in total. The third-order valence-electron chi connectivity index (χ3n) is 5.34. The summed E-state index contributed by atoms with van der Waals surface area (Å²) in [5.41, 5.74) is 1.58. The van der Waals surface area contributed by atoms with Gasteiger partial charge in [-0.15, -0.1) is 0 Å². The van der Waals surface area contributed by atoms with E-state index in [9.17, 15) is 5.11 Å². The van der Waals surface area contributed by atoms with Crippen LogP contribution >= 0.6 is 0 Å². The summed E-state index contributed by atoms with van der Waals surface area (Å²) in [7, 11) is 0. The Hall–Kier alpha value is -0.300. The lowest BCUT2D eigenvalue weighted by atomic mass is 9.61. The van der Waals surface area contributed by atoms with Crippen molar-refractivity contribution in [3.8, 4) is 0 Å². The zero-order valence-corrected chi connectivity index (χ0v) is 11.2. The monoisotopic (exact) mass is 222 g/mol. The van der Waals surface area contributed by atoms with Crippen molar-refractivity contribution in [3.63, 3.8) is 0 Å². The van der Waals surface area contributed by atoms with Crippen LogP contribution in [0.5, 0.6) is 0 Å². The minimum Gasteiger partial charge on any atom is -0.389 e. The molecule has 1 fully saturated rings. The van der Waals surface area contributed by atoms with Gasteiger partial charge in [0.15, 0.2) is 0 Å². The van der Waals surface area contributed by atoms with Crippen LogP contribution in [-0.4, -0.2) is 11.2 Å². The van der Waals surface area contributed by atoms with Gasteiger partial charge >= 0.3 is 0 Å². The van der Waals surface area contributed by atoms with Crippen LogP contribution in [0.3, 0.4) is 0 Å². The smallest absolute Gasteiger partial charge is 0.0753 e. The first-order valence-electron chi connectivity index (χ1n) is 6.82. The molecule has 0 saturated heterocycles. The fourth-order valence-electron chi connectivity index (χ4n) is 4.16. The van der Waals surface area contributed by atoms with Gasteiger partial charge in [0.05, 0.1) is 6.10 Å². The molecule has 0 aromatic rings. The maximum Gasteiger partial charge on any atom is 0.0753 e. The molecule has 92 valence electrons.